The Balaban J connectivity index is 1.95. The van der Waals surface area contributed by atoms with Crippen molar-refractivity contribution in [1.29, 1.82) is 0 Å². The predicted molar refractivity (Wildman–Crippen MR) is 92.2 cm³/mol. The molecule has 0 fully saturated rings. The SMILES string of the molecule is Cc1cc(C)c(CC(C(=O)O)c2ccc3c(c2)OCCO3)c(C)c1. The van der Waals surface area contributed by atoms with E-state index in [9.17, 15) is 9.90 Å². The first-order valence-electron chi connectivity index (χ1n) is 8.15. The van der Waals surface area contributed by atoms with E-state index in [-0.39, 0.29) is 0 Å². The molecule has 3 rings (SSSR count). The van der Waals surface area contributed by atoms with Crippen molar-refractivity contribution in [2.24, 2.45) is 0 Å². The summed E-state index contributed by atoms with van der Waals surface area (Å²) < 4.78 is 11.1. The van der Waals surface area contributed by atoms with E-state index in [0.717, 1.165) is 22.3 Å². The summed E-state index contributed by atoms with van der Waals surface area (Å²) in [6.07, 6.45) is 0.465. The number of carboxylic acid groups (broad SMARTS) is 1. The van der Waals surface area contributed by atoms with Crippen molar-refractivity contribution in [3.63, 3.8) is 0 Å². The fourth-order valence-corrected chi connectivity index (χ4v) is 3.36. The van der Waals surface area contributed by atoms with E-state index in [1.165, 1.54) is 5.56 Å². The van der Waals surface area contributed by atoms with Crippen LogP contribution in [0.25, 0.3) is 0 Å². The van der Waals surface area contributed by atoms with Crippen molar-refractivity contribution in [3.05, 3.63) is 58.1 Å². The first-order valence-corrected chi connectivity index (χ1v) is 8.15. The van der Waals surface area contributed by atoms with E-state index in [4.69, 9.17) is 9.47 Å². The Morgan fingerprint density at radius 2 is 1.67 bits per heavy atom. The molecule has 1 heterocycles. The Hall–Kier alpha value is -2.49. The lowest BCUT2D eigenvalue weighted by Crippen LogP contribution is -2.18. The number of rotatable bonds is 4. The molecule has 0 radical (unpaired) electrons. The molecule has 0 aromatic heterocycles. The molecule has 24 heavy (non-hydrogen) atoms. The maximum Gasteiger partial charge on any atom is 0.311 e. The Morgan fingerprint density at radius 3 is 2.29 bits per heavy atom. The third kappa shape index (κ3) is 3.23. The molecule has 1 unspecified atom stereocenters. The van der Waals surface area contributed by atoms with Gasteiger partial charge in [0, 0.05) is 0 Å². The highest BCUT2D eigenvalue weighted by molar-refractivity contribution is 5.77. The van der Waals surface area contributed by atoms with Gasteiger partial charge in [0.1, 0.15) is 13.2 Å². The van der Waals surface area contributed by atoms with Gasteiger partial charge in [-0.25, -0.2) is 0 Å². The third-order valence-electron chi connectivity index (χ3n) is 4.52. The zero-order chi connectivity index (χ0) is 17.3. The van der Waals surface area contributed by atoms with Gasteiger partial charge in [-0.3, -0.25) is 4.79 Å². The largest absolute Gasteiger partial charge is 0.486 e. The quantitative estimate of drug-likeness (QED) is 0.928. The standard InChI is InChI=1S/C20H22O4/c1-12-8-13(2)16(14(3)9-12)11-17(20(21)22)15-4-5-18-19(10-15)24-7-6-23-18/h4-5,8-10,17H,6-7,11H2,1-3H3,(H,21,22). The van der Waals surface area contributed by atoms with Crippen LogP contribution >= 0.6 is 0 Å². The molecule has 0 bridgehead atoms. The summed E-state index contributed by atoms with van der Waals surface area (Å²) in [6, 6.07) is 9.63. The molecule has 1 N–H and O–H groups in total. The maximum atomic E-state index is 11.9. The fourth-order valence-electron chi connectivity index (χ4n) is 3.36. The summed E-state index contributed by atoms with van der Waals surface area (Å²) in [5.74, 6) is -0.133. The molecule has 1 atom stereocenters. The van der Waals surface area contributed by atoms with Crippen molar-refractivity contribution in [2.45, 2.75) is 33.1 Å². The van der Waals surface area contributed by atoms with Crippen LogP contribution in [-0.4, -0.2) is 24.3 Å². The number of aryl methyl sites for hydroxylation is 3. The second-order valence-electron chi connectivity index (χ2n) is 6.38. The summed E-state index contributed by atoms with van der Waals surface area (Å²) >= 11 is 0. The van der Waals surface area contributed by atoms with Gasteiger partial charge in [0.2, 0.25) is 0 Å². The molecular formula is C20H22O4. The first kappa shape index (κ1) is 16.4. The van der Waals surface area contributed by atoms with Crippen molar-refractivity contribution >= 4 is 5.97 Å². The van der Waals surface area contributed by atoms with E-state index in [2.05, 4.69) is 19.1 Å². The summed E-state index contributed by atoms with van der Waals surface area (Å²) in [7, 11) is 0. The molecule has 4 heteroatoms. The van der Waals surface area contributed by atoms with Crippen LogP contribution in [-0.2, 0) is 11.2 Å². The van der Waals surface area contributed by atoms with Gasteiger partial charge in [0.25, 0.3) is 0 Å². The highest BCUT2D eigenvalue weighted by Gasteiger charge is 2.24. The number of carboxylic acids is 1. The second kappa shape index (κ2) is 6.56. The average Bonchev–Trinajstić information content (AvgIpc) is 2.53. The van der Waals surface area contributed by atoms with Gasteiger partial charge < -0.3 is 14.6 Å². The highest BCUT2D eigenvalue weighted by Crippen LogP contribution is 2.35. The van der Waals surface area contributed by atoms with Crippen molar-refractivity contribution in [1.82, 2.24) is 0 Å². The second-order valence-corrected chi connectivity index (χ2v) is 6.38. The lowest BCUT2D eigenvalue weighted by molar-refractivity contribution is -0.138. The Kier molecular flexibility index (Phi) is 4.47. The molecule has 0 saturated heterocycles. The third-order valence-corrected chi connectivity index (χ3v) is 4.52. The highest BCUT2D eigenvalue weighted by atomic mass is 16.6. The smallest absolute Gasteiger partial charge is 0.311 e. The van der Waals surface area contributed by atoms with Crippen LogP contribution in [0.4, 0.5) is 0 Å². The predicted octanol–water partition coefficient (Wildman–Crippen LogP) is 3.79. The van der Waals surface area contributed by atoms with Gasteiger partial charge in [-0.1, -0.05) is 23.8 Å². The minimum Gasteiger partial charge on any atom is -0.486 e. The number of carbonyl (C=O) groups is 1. The van der Waals surface area contributed by atoms with Gasteiger partial charge in [-0.05, 0) is 61.6 Å². The number of hydrogen-bond acceptors (Lipinski definition) is 3. The topological polar surface area (TPSA) is 55.8 Å². The molecular weight excluding hydrogens is 304 g/mol. The minimum atomic E-state index is -0.828. The number of benzene rings is 2. The maximum absolute atomic E-state index is 11.9. The summed E-state index contributed by atoms with van der Waals surface area (Å²) in [5.41, 5.74) is 5.31. The first-order chi connectivity index (χ1) is 11.5. The molecule has 4 nitrogen and oxygen atoms in total. The number of aliphatic carboxylic acids is 1. The van der Waals surface area contributed by atoms with E-state index in [1.54, 1.807) is 12.1 Å². The molecule has 2 aromatic rings. The monoisotopic (exact) mass is 326 g/mol. The lowest BCUT2D eigenvalue weighted by atomic mass is 9.87. The molecule has 1 aliphatic rings. The van der Waals surface area contributed by atoms with Gasteiger partial charge >= 0.3 is 5.97 Å². The lowest BCUT2D eigenvalue weighted by Gasteiger charge is -2.21. The zero-order valence-corrected chi connectivity index (χ0v) is 14.3. The molecule has 0 spiro atoms. The number of ether oxygens (including phenoxy) is 2. The minimum absolute atomic E-state index is 0.465. The van der Waals surface area contributed by atoms with Gasteiger partial charge in [-0.15, -0.1) is 0 Å². The molecule has 126 valence electrons. The average molecular weight is 326 g/mol. The summed E-state index contributed by atoms with van der Waals surface area (Å²) in [4.78, 5) is 11.9. The van der Waals surface area contributed by atoms with Crippen LogP contribution < -0.4 is 9.47 Å². The van der Waals surface area contributed by atoms with E-state index in [1.807, 2.05) is 19.9 Å². The van der Waals surface area contributed by atoms with Gasteiger partial charge in [0.15, 0.2) is 11.5 Å². The Morgan fingerprint density at radius 1 is 1.04 bits per heavy atom. The van der Waals surface area contributed by atoms with Crippen LogP contribution in [0.3, 0.4) is 0 Å². The van der Waals surface area contributed by atoms with Crippen molar-refractivity contribution < 1.29 is 19.4 Å². The van der Waals surface area contributed by atoms with Crippen LogP contribution in [0.15, 0.2) is 30.3 Å². The van der Waals surface area contributed by atoms with Crippen molar-refractivity contribution in [3.8, 4) is 11.5 Å². The number of fused-ring (bicyclic) bond motifs is 1. The molecule has 0 amide bonds. The number of hydrogen-bond donors (Lipinski definition) is 1. The zero-order valence-electron chi connectivity index (χ0n) is 14.3. The van der Waals surface area contributed by atoms with Gasteiger partial charge in [0.05, 0.1) is 5.92 Å². The van der Waals surface area contributed by atoms with E-state index < -0.39 is 11.9 Å². The fraction of sp³-hybridized carbons (Fsp3) is 0.350. The van der Waals surface area contributed by atoms with Crippen LogP contribution in [0, 0.1) is 20.8 Å². The molecule has 1 aliphatic heterocycles. The molecule has 2 aromatic carbocycles. The van der Waals surface area contributed by atoms with E-state index >= 15 is 0 Å². The van der Waals surface area contributed by atoms with Crippen LogP contribution in [0.5, 0.6) is 11.5 Å². The Bertz CT molecular complexity index is 756. The van der Waals surface area contributed by atoms with Crippen LogP contribution in [0.2, 0.25) is 0 Å². The van der Waals surface area contributed by atoms with Crippen molar-refractivity contribution in [2.75, 3.05) is 13.2 Å². The summed E-state index contributed by atoms with van der Waals surface area (Å²) in [5, 5.41) is 9.76. The Labute approximate surface area is 142 Å². The van der Waals surface area contributed by atoms with Gasteiger partial charge in [-0.2, -0.15) is 0 Å². The molecule has 0 aliphatic carbocycles. The molecule has 0 saturated carbocycles. The van der Waals surface area contributed by atoms with E-state index in [0.29, 0.717) is 31.1 Å². The normalized spacial score (nSPS) is 14.3. The summed E-state index contributed by atoms with van der Waals surface area (Å²) in [6.45, 7) is 7.15. The van der Waals surface area contributed by atoms with Crippen LogP contribution in [0.1, 0.15) is 33.7 Å².